The molecule has 1 unspecified atom stereocenters. The average molecular weight is 331 g/mol. The standard InChI is InChI=1S/C18H25N3O3/c1-12(2)16(19-18(23)24)17(22)21-11-13(9-10-20(3)4)14-7-5-6-8-15(14)21/h5-8,11-12,16,19H,9-10H2,1-4H3,(H,23,24). The maximum Gasteiger partial charge on any atom is 0.405 e. The highest BCUT2D eigenvalue weighted by Gasteiger charge is 2.27. The van der Waals surface area contributed by atoms with Gasteiger partial charge in [-0.3, -0.25) is 9.36 Å². The summed E-state index contributed by atoms with van der Waals surface area (Å²) in [6, 6.07) is 6.95. The maximum absolute atomic E-state index is 12.9. The lowest BCUT2D eigenvalue weighted by molar-refractivity contribution is 0.0831. The number of nitrogens with one attached hydrogen (secondary N) is 1. The summed E-state index contributed by atoms with van der Waals surface area (Å²) in [5.74, 6) is -0.389. The third-order valence-corrected chi connectivity index (χ3v) is 4.07. The number of carbonyl (C=O) groups is 2. The minimum atomic E-state index is -1.19. The van der Waals surface area contributed by atoms with Crippen LogP contribution in [0.3, 0.4) is 0 Å². The molecule has 2 N–H and O–H groups in total. The zero-order valence-electron chi connectivity index (χ0n) is 14.6. The SMILES string of the molecule is CC(C)C(NC(=O)O)C(=O)n1cc(CCN(C)C)c2ccccc21. The zero-order valence-corrected chi connectivity index (χ0v) is 14.6. The third kappa shape index (κ3) is 3.94. The lowest BCUT2D eigenvalue weighted by Gasteiger charge is -2.20. The largest absolute Gasteiger partial charge is 0.465 e. The van der Waals surface area contributed by atoms with Crippen molar-refractivity contribution in [1.29, 1.82) is 0 Å². The molecule has 0 bridgehead atoms. The number of hydrogen-bond acceptors (Lipinski definition) is 3. The van der Waals surface area contributed by atoms with Crippen molar-refractivity contribution in [3.8, 4) is 0 Å². The van der Waals surface area contributed by atoms with Gasteiger partial charge in [-0.2, -0.15) is 0 Å². The van der Waals surface area contributed by atoms with Gasteiger partial charge in [-0.25, -0.2) is 4.79 Å². The summed E-state index contributed by atoms with van der Waals surface area (Å²) in [4.78, 5) is 26.0. The normalized spacial score (nSPS) is 12.8. The average Bonchev–Trinajstić information content (AvgIpc) is 2.88. The van der Waals surface area contributed by atoms with E-state index in [4.69, 9.17) is 5.11 Å². The van der Waals surface area contributed by atoms with Crippen molar-refractivity contribution in [3.63, 3.8) is 0 Å². The van der Waals surface area contributed by atoms with Crippen LogP contribution in [0.25, 0.3) is 10.9 Å². The van der Waals surface area contributed by atoms with Gasteiger partial charge in [0, 0.05) is 18.1 Å². The molecule has 6 nitrogen and oxygen atoms in total. The van der Waals surface area contributed by atoms with E-state index in [2.05, 4.69) is 10.2 Å². The van der Waals surface area contributed by atoms with E-state index in [0.717, 1.165) is 29.4 Å². The number of rotatable bonds is 6. The number of fused-ring (bicyclic) bond motifs is 1. The number of carbonyl (C=O) groups excluding carboxylic acids is 1. The summed E-state index contributed by atoms with van der Waals surface area (Å²) >= 11 is 0. The Morgan fingerprint density at radius 2 is 1.92 bits per heavy atom. The molecule has 0 aliphatic heterocycles. The van der Waals surface area contributed by atoms with Gasteiger partial charge < -0.3 is 15.3 Å². The second-order valence-corrected chi connectivity index (χ2v) is 6.60. The minimum Gasteiger partial charge on any atom is -0.465 e. The molecule has 0 saturated carbocycles. The highest BCUT2D eigenvalue weighted by atomic mass is 16.4. The van der Waals surface area contributed by atoms with Gasteiger partial charge in [0.2, 0.25) is 0 Å². The van der Waals surface area contributed by atoms with Crippen molar-refractivity contribution in [2.75, 3.05) is 20.6 Å². The number of carboxylic acid groups (broad SMARTS) is 1. The molecule has 130 valence electrons. The van der Waals surface area contributed by atoms with Crippen LogP contribution in [0.15, 0.2) is 30.5 Å². The number of aromatic nitrogens is 1. The van der Waals surface area contributed by atoms with Gasteiger partial charge in [0.05, 0.1) is 5.52 Å². The van der Waals surface area contributed by atoms with E-state index in [1.165, 1.54) is 0 Å². The van der Waals surface area contributed by atoms with E-state index >= 15 is 0 Å². The predicted octanol–water partition coefficient (Wildman–Crippen LogP) is 2.68. The molecule has 24 heavy (non-hydrogen) atoms. The van der Waals surface area contributed by atoms with Crippen LogP contribution in [-0.2, 0) is 6.42 Å². The summed E-state index contributed by atoms with van der Waals surface area (Å²) in [6.07, 6.45) is 1.48. The van der Waals surface area contributed by atoms with Gasteiger partial charge in [0.25, 0.3) is 5.91 Å². The number of para-hydroxylation sites is 1. The van der Waals surface area contributed by atoms with Crippen LogP contribution >= 0.6 is 0 Å². The van der Waals surface area contributed by atoms with E-state index in [9.17, 15) is 9.59 Å². The van der Waals surface area contributed by atoms with Crippen LogP contribution < -0.4 is 5.32 Å². The molecule has 1 atom stereocenters. The fourth-order valence-corrected chi connectivity index (χ4v) is 2.77. The molecule has 0 saturated heterocycles. The monoisotopic (exact) mass is 331 g/mol. The van der Waals surface area contributed by atoms with Crippen LogP contribution in [0, 0.1) is 5.92 Å². The topological polar surface area (TPSA) is 74.6 Å². The molecular weight excluding hydrogens is 306 g/mol. The molecule has 0 spiro atoms. The summed E-state index contributed by atoms with van der Waals surface area (Å²) in [7, 11) is 4.02. The van der Waals surface area contributed by atoms with Gasteiger partial charge in [-0.15, -0.1) is 0 Å². The van der Waals surface area contributed by atoms with Gasteiger partial charge >= 0.3 is 6.09 Å². The van der Waals surface area contributed by atoms with Crippen molar-refractivity contribution >= 4 is 22.9 Å². The van der Waals surface area contributed by atoms with E-state index < -0.39 is 12.1 Å². The maximum atomic E-state index is 12.9. The lowest BCUT2D eigenvalue weighted by atomic mass is 10.0. The summed E-state index contributed by atoms with van der Waals surface area (Å²) in [5.41, 5.74) is 1.90. The van der Waals surface area contributed by atoms with Gasteiger partial charge in [-0.1, -0.05) is 32.0 Å². The summed E-state index contributed by atoms with van der Waals surface area (Å²) in [6.45, 7) is 4.54. The van der Waals surface area contributed by atoms with Crippen LogP contribution in [0.2, 0.25) is 0 Å². The lowest BCUT2D eigenvalue weighted by Crippen LogP contribution is -2.45. The smallest absolute Gasteiger partial charge is 0.405 e. The van der Waals surface area contributed by atoms with Crippen molar-refractivity contribution in [2.45, 2.75) is 26.3 Å². The Kier molecular flexibility index (Phi) is 5.62. The number of benzene rings is 1. The molecule has 2 aromatic rings. The Morgan fingerprint density at radius 1 is 1.25 bits per heavy atom. The quantitative estimate of drug-likeness (QED) is 0.853. The van der Waals surface area contributed by atoms with E-state index in [1.54, 1.807) is 4.57 Å². The molecule has 0 aliphatic rings. The number of hydrogen-bond donors (Lipinski definition) is 2. The fraction of sp³-hybridized carbons (Fsp3) is 0.444. The van der Waals surface area contributed by atoms with Crippen LogP contribution in [0.5, 0.6) is 0 Å². The third-order valence-electron chi connectivity index (χ3n) is 4.07. The first-order valence-corrected chi connectivity index (χ1v) is 8.08. The molecule has 1 aromatic carbocycles. The first-order chi connectivity index (χ1) is 11.3. The van der Waals surface area contributed by atoms with E-state index in [-0.39, 0.29) is 11.8 Å². The molecule has 0 radical (unpaired) electrons. The van der Waals surface area contributed by atoms with Crippen molar-refractivity contribution in [1.82, 2.24) is 14.8 Å². The zero-order chi connectivity index (χ0) is 17.9. The minimum absolute atomic E-state index is 0.139. The molecular formula is C18H25N3O3. The van der Waals surface area contributed by atoms with Crippen molar-refractivity contribution in [3.05, 3.63) is 36.0 Å². The van der Waals surface area contributed by atoms with Gasteiger partial charge in [0.1, 0.15) is 6.04 Å². The summed E-state index contributed by atoms with van der Waals surface area (Å²) < 4.78 is 1.58. The fourth-order valence-electron chi connectivity index (χ4n) is 2.77. The molecule has 6 heteroatoms. The van der Waals surface area contributed by atoms with Crippen LogP contribution in [-0.4, -0.2) is 53.3 Å². The molecule has 2 rings (SSSR count). The van der Waals surface area contributed by atoms with Crippen LogP contribution in [0.4, 0.5) is 4.79 Å². The number of nitrogens with zero attached hydrogens (tertiary/aromatic N) is 2. The second kappa shape index (κ2) is 7.49. The molecule has 1 amide bonds. The molecule has 0 aliphatic carbocycles. The van der Waals surface area contributed by atoms with Crippen LogP contribution in [0.1, 0.15) is 24.2 Å². The Balaban J connectivity index is 2.43. The number of likely N-dealkylation sites (N-methyl/N-ethyl adjacent to an activating group) is 1. The van der Waals surface area contributed by atoms with Gasteiger partial charge in [0.15, 0.2) is 0 Å². The summed E-state index contributed by atoms with van der Waals surface area (Å²) in [5, 5.41) is 12.4. The molecule has 1 heterocycles. The Morgan fingerprint density at radius 3 is 2.50 bits per heavy atom. The van der Waals surface area contributed by atoms with Gasteiger partial charge in [-0.05, 0) is 38.1 Å². The van der Waals surface area contributed by atoms with E-state index in [1.807, 2.05) is 58.4 Å². The predicted molar refractivity (Wildman–Crippen MR) is 94.6 cm³/mol. The second-order valence-electron chi connectivity index (χ2n) is 6.60. The highest BCUT2D eigenvalue weighted by Crippen LogP contribution is 2.23. The molecule has 1 aromatic heterocycles. The Labute approximate surface area is 142 Å². The first-order valence-electron chi connectivity index (χ1n) is 8.08. The number of amides is 1. The molecule has 0 fully saturated rings. The van der Waals surface area contributed by atoms with E-state index in [0.29, 0.717) is 0 Å². The first kappa shape index (κ1) is 18.0. The van der Waals surface area contributed by atoms with Crippen molar-refractivity contribution in [2.24, 2.45) is 5.92 Å². The Bertz CT molecular complexity index is 734. The van der Waals surface area contributed by atoms with Crippen molar-refractivity contribution < 1.29 is 14.7 Å². The Hall–Kier alpha value is -2.34. The highest BCUT2D eigenvalue weighted by molar-refractivity contribution is 5.97.